The van der Waals surface area contributed by atoms with Gasteiger partial charge in [0.05, 0.1) is 16.9 Å². The molecule has 0 unspecified atom stereocenters. The van der Waals surface area contributed by atoms with E-state index in [-0.39, 0.29) is 5.41 Å². The molecule has 0 saturated heterocycles. The molecule has 3 aromatic heterocycles. The molecule has 8 heteroatoms. The first-order valence-corrected chi connectivity index (χ1v) is 7.53. The van der Waals surface area contributed by atoms with Crippen LogP contribution in [0, 0.1) is 6.92 Å². The fraction of sp³-hybridized carbons (Fsp3) is 0.538. The summed E-state index contributed by atoms with van der Waals surface area (Å²) in [7, 11) is 1.90. The summed E-state index contributed by atoms with van der Waals surface area (Å²) in [5, 5.41) is 12.4. The lowest BCUT2D eigenvalue weighted by molar-refractivity contribution is 0.367. The zero-order chi connectivity index (χ0) is 15.2. The summed E-state index contributed by atoms with van der Waals surface area (Å²) in [6.07, 6.45) is 0. The van der Waals surface area contributed by atoms with Gasteiger partial charge in [0.2, 0.25) is 5.89 Å². The average molecular weight is 306 g/mol. The van der Waals surface area contributed by atoms with E-state index in [0.29, 0.717) is 18.3 Å². The van der Waals surface area contributed by atoms with Crippen LogP contribution in [0.2, 0.25) is 0 Å². The molecule has 0 spiro atoms. The summed E-state index contributed by atoms with van der Waals surface area (Å²) in [5.41, 5.74) is 1.77. The van der Waals surface area contributed by atoms with Crippen molar-refractivity contribution in [2.45, 2.75) is 39.7 Å². The van der Waals surface area contributed by atoms with E-state index in [1.54, 1.807) is 16.0 Å². The van der Waals surface area contributed by atoms with E-state index in [0.717, 1.165) is 21.2 Å². The van der Waals surface area contributed by atoms with Gasteiger partial charge in [0, 0.05) is 12.5 Å². The van der Waals surface area contributed by atoms with Crippen molar-refractivity contribution >= 4 is 26.8 Å². The number of aromatic nitrogens is 5. The van der Waals surface area contributed by atoms with Crippen LogP contribution in [0.3, 0.4) is 0 Å². The van der Waals surface area contributed by atoms with Crippen LogP contribution >= 0.6 is 11.3 Å². The van der Waals surface area contributed by atoms with Gasteiger partial charge in [-0.1, -0.05) is 37.3 Å². The van der Waals surface area contributed by atoms with Gasteiger partial charge < -0.3 is 9.84 Å². The summed E-state index contributed by atoms with van der Waals surface area (Å²) < 4.78 is 8.14. The van der Waals surface area contributed by atoms with Crippen molar-refractivity contribution in [3.05, 3.63) is 17.4 Å². The minimum atomic E-state index is -0.111. The fourth-order valence-corrected chi connectivity index (χ4v) is 2.87. The number of thiazole rings is 1. The first-order valence-electron chi connectivity index (χ1n) is 6.71. The average Bonchev–Trinajstić information content (AvgIpc) is 3.06. The highest BCUT2D eigenvalue weighted by Crippen LogP contribution is 2.28. The van der Waals surface area contributed by atoms with Gasteiger partial charge in [0.15, 0.2) is 16.6 Å². The van der Waals surface area contributed by atoms with Crippen molar-refractivity contribution in [1.82, 2.24) is 24.9 Å². The Balaban J connectivity index is 1.74. The van der Waals surface area contributed by atoms with E-state index >= 15 is 0 Å². The number of rotatable bonds is 3. The minimum Gasteiger partial charge on any atom is -0.352 e. The summed E-state index contributed by atoms with van der Waals surface area (Å²) in [5.74, 6) is 1.28. The third kappa shape index (κ3) is 2.63. The van der Waals surface area contributed by atoms with Gasteiger partial charge in [-0.2, -0.15) is 10.1 Å². The zero-order valence-corrected chi connectivity index (χ0v) is 13.6. The Hall–Kier alpha value is -1.96. The van der Waals surface area contributed by atoms with Crippen molar-refractivity contribution in [1.29, 1.82) is 0 Å². The van der Waals surface area contributed by atoms with E-state index < -0.39 is 0 Å². The van der Waals surface area contributed by atoms with Crippen LogP contribution in [0.5, 0.6) is 0 Å². The van der Waals surface area contributed by atoms with Crippen LogP contribution in [-0.2, 0) is 19.0 Å². The molecule has 21 heavy (non-hydrogen) atoms. The number of nitrogens with zero attached hydrogens (tertiary/aromatic N) is 5. The highest BCUT2D eigenvalue weighted by molar-refractivity contribution is 7.22. The molecule has 1 N–H and O–H groups in total. The van der Waals surface area contributed by atoms with Crippen LogP contribution in [0.4, 0.5) is 5.13 Å². The van der Waals surface area contributed by atoms with Crippen molar-refractivity contribution < 1.29 is 4.52 Å². The number of nitrogens with one attached hydrogen (secondary N) is 1. The number of anilines is 1. The molecule has 3 aromatic rings. The maximum atomic E-state index is 5.25. The molecular weight excluding hydrogens is 288 g/mol. The third-order valence-electron chi connectivity index (χ3n) is 3.07. The molecule has 0 aliphatic heterocycles. The van der Waals surface area contributed by atoms with Crippen molar-refractivity contribution in [3.8, 4) is 0 Å². The Bertz CT molecular complexity index is 744. The lowest BCUT2D eigenvalue weighted by atomic mass is 9.96. The van der Waals surface area contributed by atoms with Gasteiger partial charge in [-0.25, -0.2) is 9.67 Å². The second-order valence-electron chi connectivity index (χ2n) is 6.00. The molecule has 0 saturated carbocycles. The first-order chi connectivity index (χ1) is 9.84. The van der Waals surface area contributed by atoms with E-state index in [1.807, 2.05) is 14.0 Å². The summed E-state index contributed by atoms with van der Waals surface area (Å²) >= 11 is 1.58. The normalized spacial score (nSPS) is 12.2. The number of hydrogen-bond acceptors (Lipinski definition) is 7. The Kier molecular flexibility index (Phi) is 3.20. The van der Waals surface area contributed by atoms with Crippen LogP contribution in [0.1, 0.15) is 38.2 Å². The molecule has 0 aliphatic rings. The zero-order valence-electron chi connectivity index (χ0n) is 12.8. The van der Waals surface area contributed by atoms with Crippen molar-refractivity contribution in [2.24, 2.45) is 7.05 Å². The van der Waals surface area contributed by atoms with E-state index in [9.17, 15) is 0 Å². The highest BCUT2D eigenvalue weighted by atomic mass is 32.1. The standard InChI is InChI=1S/C13H18N6OS/c1-7-9-10(19(5)17-7)16-12(21-9)14-6-8-15-11(18-20-8)13(2,3)4/h6H2,1-5H3,(H,14,16). The monoisotopic (exact) mass is 306 g/mol. The topological polar surface area (TPSA) is 81.7 Å². The molecule has 0 amide bonds. The lowest BCUT2D eigenvalue weighted by Crippen LogP contribution is -2.13. The predicted octanol–water partition coefficient (Wildman–Crippen LogP) is 2.63. The SMILES string of the molecule is Cc1nn(C)c2nc(NCc3nc(C(C)(C)C)no3)sc12. The Morgan fingerprint density at radius 1 is 1.29 bits per heavy atom. The Labute approximate surface area is 126 Å². The molecule has 0 bridgehead atoms. The van der Waals surface area contributed by atoms with Gasteiger partial charge in [0.1, 0.15) is 0 Å². The smallest absolute Gasteiger partial charge is 0.246 e. The number of hydrogen-bond donors (Lipinski definition) is 1. The molecule has 7 nitrogen and oxygen atoms in total. The largest absolute Gasteiger partial charge is 0.352 e. The molecule has 0 aromatic carbocycles. The maximum Gasteiger partial charge on any atom is 0.246 e. The first kappa shape index (κ1) is 14.0. The van der Waals surface area contributed by atoms with E-state index in [4.69, 9.17) is 4.52 Å². The molecule has 112 valence electrons. The van der Waals surface area contributed by atoms with E-state index in [2.05, 4.69) is 46.3 Å². The molecular formula is C13H18N6OS. The predicted molar refractivity (Wildman–Crippen MR) is 81.4 cm³/mol. The van der Waals surface area contributed by atoms with Gasteiger partial charge in [-0.15, -0.1) is 0 Å². The number of fused-ring (bicyclic) bond motifs is 1. The lowest BCUT2D eigenvalue weighted by Gasteiger charge is -2.10. The minimum absolute atomic E-state index is 0.111. The van der Waals surface area contributed by atoms with Crippen LogP contribution < -0.4 is 5.32 Å². The van der Waals surface area contributed by atoms with Gasteiger partial charge in [-0.05, 0) is 6.92 Å². The maximum absolute atomic E-state index is 5.25. The molecule has 3 rings (SSSR count). The van der Waals surface area contributed by atoms with Crippen LogP contribution in [0.25, 0.3) is 10.3 Å². The quantitative estimate of drug-likeness (QED) is 0.801. The van der Waals surface area contributed by atoms with Gasteiger partial charge in [-0.3, -0.25) is 0 Å². The third-order valence-corrected chi connectivity index (χ3v) is 4.19. The van der Waals surface area contributed by atoms with Gasteiger partial charge >= 0.3 is 0 Å². The molecule has 3 heterocycles. The molecule has 0 radical (unpaired) electrons. The van der Waals surface area contributed by atoms with Crippen LogP contribution in [-0.4, -0.2) is 24.9 Å². The highest BCUT2D eigenvalue weighted by Gasteiger charge is 2.21. The van der Waals surface area contributed by atoms with Crippen molar-refractivity contribution in [3.63, 3.8) is 0 Å². The van der Waals surface area contributed by atoms with E-state index in [1.165, 1.54) is 0 Å². The summed E-state index contributed by atoms with van der Waals surface area (Å²) in [6, 6.07) is 0. The van der Waals surface area contributed by atoms with Crippen molar-refractivity contribution in [2.75, 3.05) is 5.32 Å². The second-order valence-corrected chi connectivity index (χ2v) is 7.00. The molecule has 0 aliphatic carbocycles. The Morgan fingerprint density at radius 3 is 2.67 bits per heavy atom. The Morgan fingerprint density at radius 2 is 2.05 bits per heavy atom. The second kappa shape index (κ2) is 4.80. The van der Waals surface area contributed by atoms with Gasteiger partial charge in [0.25, 0.3) is 0 Å². The molecule has 0 atom stereocenters. The molecule has 0 fully saturated rings. The number of aryl methyl sites for hydroxylation is 2. The fourth-order valence-electron chi connectivity index (χ4n) is 1.94. The summed E-state index contributed by atoms with van der Waals surface area (Å²) in [4.78, 5) is 8.91. The summed E-state index contributed by atoms with van der Waals surface area (Å²) in [6.45, 7) is 8.61. The van der Waals surface area contributed by atoms with Crippen LogP contribution in [0.15, 0.2) is 4.52 Å².